The fourth-order valence-corrected chi connectivity index (χ4v) is 4.05. The molecule has 1 aliphatic rings. The Balaban J connectivity index is 1.25. The minimum atomic E-state index is -0.294. The van der Waals surface area contributed by atoms with E-state index in [1.165, 1.54) is 0 Å². The number of pyridine rings is 1. The number of benzene rings is 2. The van der Waals surface area contributed by atoms with Gasteiger partial charge in [-0.1, -0.05) is 42.5 Å². The molecule has 0 unspecified atom stereocenters. The van der Waals surface area contributed by atoms with E-state index < -0.39 is 0 Å². The number of likely N-dealkylation sites (tertiary alicyclic amines) is 1. The first kappa shape index (κ1) is 23.2. The van der Waals surface area contributed by atoms with Crippen LogP contribution in [0.3, 0.4) is 0 Å². The summed E-state index contributed by atoms with van der Waals surface area (Å²) < 4.78 is 0. The molecule has 34 heavy (non-hydrogen) atoms. The molecule has 0 saturated carbocycles. The van der Waals surface area contributed by atoms with Gasteiger partial charge in [-0.15, -0.1) is 0 Å². The lowest BCUT2D eigenvalue weighted by Gasteiger charge is -2.31. The fourth-order valence-electron chi connectivity index (χ4n) is 4.05. The van der Waals surface area contributed by atoms with E-state index in [9.17, 15) is 14.4 Å². The van der Waals surface area contributed by atoms with E-state index in [1.807, 2.05) is 35.2 Å². The second-order valence-corrected chi connectivity index (χ2v) is 8.38. The first-order chi connectivity index (χ1) is 16.6. The molecule has 1 saturated heterocycles. The number of nitrogens with zero attached hydrogens (tertiary/aromatic N) is 2. The first-order valence-electron chi connectivity index (χ1n) is 11.5. The average molecular weight is 457 g/mol. The molecule has 3 aromatic rings. The van der Waals surface area contributed by atoms with Crippen molar-refractivity contribution in [2.24, 2.45) is 5.92 Å². The predicted octanol–water partition coefficient (Wildman–Crippen LogP) is 4.14. The van der Waals surface area contributed by atoms with E-state index in [4.69, 9.17) is 0 Å². The van der Waals surface area contributed by atoms with Crippen molar-refractivity contribution >= 4 is 29.2 Å². The van der Waals surface area contributed by atoms with Gasteiger partial charge in [0.15, 0.2) is 0 Å². The lowest BCUT2D eigenvalue weighted by Crippen LogP contribution is -2.41. The van der Waals surface area contributed by atoms with Crippen LogP contribution in [0.25, 0.3) is 0 Å². The molecule has 4 rings (SSSR count). The van der Waals surface area contributed by atoms with Gasteiger partial charge in [0.1, 0.15) is 5.82 Å². The number of amides is 3. The Hall–Kier alpha value is -4.00. The van der Waals surface area contributed by atoms with Gasteiger partial charge < -0.3 is 15.5 Å². The Morgan fingerprint density at radius 2 is 1.65 bits per heavy atom. The molecule has 0 atom stereocenters. The van der Waals surface area contributed by atoms with Crippen molar-refractivity contribution in [3.63, 3.8) is 0 Å². The van der Waals surface area contributed by atoms with Gasteiger partial charge in [-0.25, -0.2) is 4.98 Å². The van der Waals surface area contributed by atoms with Crippen molar-refractivity contribution in [2.75, 3.05) is 23.7 Å². The largest absolute Gasteiger partial charge is 0.343 e. The van der Waals surface area contributed by atoms with Crippen LogP contribution in [0.1, 0.15) is 35.2 Å². The molecule has 0 spiro atoms. The Labute approximate surface area is 199 Å². The monoisotopic (exact) mass is 456 g/mol. The molecule has 1 aliphatic heterocycles. The van der Waals surface area contributed by atoms with Crippen LogP contribution in [-0.2, 0) is 16.0 Å². The third kappa shape index (κ3) is 6.28. The number of nitrogens with one attached hydrogen (secondary N) is 2. The summed E-state index contributed by atoms with van der Waals surface area (Å²) in [4.78, 5) is 43.8. The number of carbonyl (C=O) groups excluding carboxylic acids is 3. The maximum atomic E-state index is 12.8. The Morgan fingerprint density at radius 3 is 2.38 bits per heavy atom. The van der Waals surface area contributed by atoms with Crippen LogP contribution < -0.4 is 10.6 Å². The molecular formula is C27H28N4O3. The number of carbonyl (C=O) groups is 3. The molecule has 7 nitrogen and oxygen atoms in total. The average Bonchev–Trinajstić information content (AvgIpc) is 2.88. The van der Waals surface area contributed by atoms with E-state index in [-0.39, 0.29) is 23.6 Å². The molecule has 3 amide bonds. The molecule has 2 aromatic carbocycles. The molecule has 0 aliphatic carbocycles. The number of rotatable bonds is 7. The summed E-state index contributed by atoms with van der Waals surface area (Å²) in [5.41, 5.74) is 2.16. The SMILES string of the molecule is O=C(Nc1ccccn1)c1cccc(NC(=O)C2CCN(C(=O)CCc3ccccc3)CC2)c1. The van der Waals surface area contributed by atoms with Gasteiger partial charge in [0.05, 0.1) is 0 Å². The summed E-state index contributed by atoms with van der Waals surface area (Å²) >= 11 is 0. The number of hydrogen-bond donors (Lipinski definition) is 2. The molecule has 7 heteroatoms. The fraction of sp³-hybridized carbons (Fsp3) is 0.259. The van der Waals surface area contributed by atoms with Crippen molar-refractivity contribution in [3.05, 3.63) is 90.1 Å². The van der Waals surface area contributed by atoms with Gasteiger partial charge in [0.25, 0.3) is 5.91 Å². The summed E-state index contributed by atoms with van der Waals surface area (Å²) in [5, 5.41) is 5.66. The van der Waals surface area contributed by atoms with Crippen LogP contribution >= 0.6 is 0 Å². The zero-order valence-corrected chi connectivity index (χ0v) is 18.9. The van der Waals surface area contributed by atoms with Gasteiger partial charge >= 0.3 is 0 Å². The number of hydrogen-bond acceptors (Lipinski definition) is 4. The summed E-state index contributed by atoms with van der Waals surface area (Å²) in [6, 6.07) is 22.1. The number of anilines is 2. The van der Waals surface area contributed by atoms with Crippen molar-refractivity contribution < 1.29 is 14.4 Å². The molecule has 2 heterocycles. The van der Waals surface area contributed by atoms with Gasteiger partial charge in [-0.3, -0.25) is 14.4 Å². The van der Waals surface area contributed by atoms with Crippen LogP contribution in [0.2, 0.25) is 0 Å². The van der Waals surface area contributed by atoms with E-state index >= 15 is 0 Å². The second-order valence-electron chi connectivity index (χ2n) is 8.38. The third-order valence-electron chi connectivity index (χ3n) is 5.99. The topological polar surface area (TPSA) is 91.4 Å². The van der Waals surface area contributed by atoms with Crippen LogP contribution in [-0.4, -0.2) is 40.7 Å². The lowest BCUT2D eigenvalue weighted by atomic mass is 9.95. The van der Waals surface area contributed by atoms with Crippen LogP contribution in [0.4, 0.5) is 11.5 Å². The second kappa shape index (κ2) is 11.2. The van der Waals surface area contributed by atoms with Crippen molar-refractivity contribution in [1.29, 1.82) is 0 Å². The smallest absolute Gasteiger partial charge is 0.256 e. The van der Waals surface area contributed by atoms with E-state index in [2.05, 4.69) is 15.6 Å². The van der Waals surface area contributed by atoms with E-state index in [1.54, 1.807) is 48.7 Å². The Morgan fingerprint density at radius 1 is 0.882 bits per heavy atom. The van der Waals surface area contributed by atoms with Gasteiger partial charge in [0, 0.05) is 42.9 Å². The maximum absolute atomic E-state index is 12.8. The van der Waals surface area contributed by atoms with E-state index in [0.29, 0.717) is 49.4 Å². The molecule has 0 radical (unpaired) electrons. The van der Waals surface area contributed by atoms with Gasteiger partial charge in [0.2, 0.25) is 11.8 Å². The van der Waals surface area contributed by atoms with Crippen molar-refractivity contribution in [2.45, 2.75) is 25.7 Å². The highest BCUT2D eigenvalue weighted by Crippen LogP contribution is 2.21. The first-order valence-corrected chi connectivity index (χ1v) is 11.5. The highest BCUT2D eigenvalue weighted by molar-refractivity contribution is 6.05. The van der Waals surface area contributed by atoms with Crippen LogP contribution in [0.5, 0.6) is 0 Å². The number of piperidine rings is 1. The Bertz CT molecular complexity index is 1130. The molecular weight excluding hydrogens is 428 g/mol. The molecule has 174 valence electrons. The minimum absolute atomic E-state index is 0.0846. The summed E-state index contributed by atoms with van der Waals surface area (Å²) in [7, 11) is 0. The minimum Gasteiger partial charge on any atom is -0.343 e. The standard InChI is InChI=1S/C27H28N4O3/c32-25(13-12-20-7-2-1-3-8-20)31-17-14-21(15-18-31)26(33)29-23-10-6-9-22(19-23)27(34)30-24-11-4-5-16-28-24/h1-11,16,19,21H,12-15,17-18H2,(H,29,33)(H,28,30,34). The van der Waals surface area contributed by atoms with Gasteiger partial charge in [-0.05, 0) is 55.2 Å². The molecule has 1 fully saturated rings. The molecule has 1 aromatic heterocycles. The third-order valence-corrected chi connectivity index (χ3v) is 5.99. The van der Waals surface area contributed by atoms with Gasteiger partial charge in [-0.2, -0.15) is 0 Å². The van der Waals surface area contributed by atoms with Crippen LogP contribution in [0.15, 0.2) is 79.0 Å². The highest BCUT2D eigenvalue weighted by Gasteiger charge is 2.27. The molecule has 0 bridgehead atoms. The zero-order valence-electron chi connectivity index (χ0n) is 18.9. The number of aryl methyl sites for hydroxylation is 1. The maximum Gasteiger partial charge on any atom is 0.256 e. The van der Waals surface area contributed by atoms with Crippen LogP contribution in [0, 0.1) is 5.92 Å². The van der Waals surface area contributed by atoms with E-state index in [0.717, 1.165) is 12.0 Å². The number of aromatic nitrogens is 1. The summed E-state index contributed by atoms with van der Waals surface area (Å²) in [5.74, 6) is 0.0568. The van der Waals surface area contributed by atoms with Crippen molar-refractivity contribution in [3.8, 4) is 0 Å². The molecule has 2 N–H and O–H groups in total. The summed E-state index contributed by atoms with van der Waals surface area (Å²) in [6.45, 7) is 1.16. The highest BCUT2D eigenvalue weighted by atomic mass is 16.2. The zero-order chi connectivity index (χ0) is 23.8. The Kier molecular flexibility index (Phi) is 7.65. The normalized spacial score (nSPS) is 13.8. The quantitative estimate of drug-likeness (QED) is 0.559. The lowest BCUT2D eigenvalue weighted by molar-refractivity contribution is -0.134. The predicted molar refractivity (Wildman–Crippen MR) is 131 cm³/mol. The van der Waals surface area contributed by atoms with Crippen molar-refractivity contribution in [1.82, 2.24) is 9.88 Å². The summed E-state index contributed by atoms with van der Waals surface area (Å²) in [6.07, 6.45) is 4.07.